The molecule has 0 radical (unpaired) electrons. The number of aryl methyl sites for hydroxylation is 1. The largest absolute Gasteiger partial charge is 0.469 e. The minimum Gasteiger partial charge on any atom is -0.469 e. The molecule has 0 aliphatic heterocycles. The number of methoxy groups -OCH3 is 1. The van der Waals surface area contributed by atoms with Crippen molar-refractivity contribution in [1.29, 1.82) is 0 Å². The van der Waals surface area contributed by atoms with E-state index in [0.717, 1.165) is 12.0 Å². The van der Waals surface area contributed by atoms with Crippen LogP contribution in [-0.4, -0.2) is 48.2 Å². The van der Waals surface area contributed by atoms with Crippen molar-refractivity contribution >= 4 is 23.5 Å². The van der Waals surface area contributed by atoms with Gasteiger partial charge >= 0.3 is 5.97 Å². The number of carbonyl (C=O) groups is 2. The van der Waals surface area contributed by atoms with Gasteiger partial charge in [0.05, 0.1) is 26.2 Å². The number of amides is 1. The highest BCUT2D eigenvalue weighted by Gasteiger charge is 2.22. The number of nitrogens with zero attached hydrogens (tertiary/aromatic N) is 1. The van der Waals surface area contributed by atoms with Gasteiger partial charge in [-0.2, -0.15) is 0 Å². The quantitative estimate of drug-likeness (QED) is 0.655. The van der Waals surface area contributed by atoms with Gasteiger partial charge in [0.15, 0.2) is 0 Å². The van der Waals surface area contributed by atoms with Crippen molar-refractivity contribution < 1.29 is 19.4 Å². The maximum absolute atomic E-state index is 12.5. The summed E-state index contributed by atoms with van der Waals surface area (Å²) in [5.74, 6) is -0.407. The Balaban J connectivity index is 2.55. The second kappa shape index (κ2) is 11.0. The molecule has 0 saturated carbocycles. The van der Waals surface area contributed by atoms with Crippen LogP contribution in [0, 0.1) is 0 Å². The molecule has 1 aromatic rings. The Labute approximate surface area is 148 Å². The number of rotatable bonds is 10. The number of aliphatic hydroxyl groups is 1. The molecule has 0 aliphatic rings. The van der Waals surface area contributed by atoms with Gasteiger partial charge in [-0.3, -0.25) is 9.59 Å². The number of halogens is 1. The molecule has 0 heterocycles. The summed E-state index contributed by atoms with van der Waals surface area (Å²) < 4.78 is 4.63. The number of benzene rings is 1. The van der Waals surface area contributed by atoms with Gasteiger partial charge in [0.25, 0.3) is 0 Å². The summed E-state index contributed by atoms with van der Waals surface area (Å²) in [4.78, 5) is 25.4. The van der Waals surface area contributed by atoms with Gasteiger partial charge < -0.3 is 14.7 Å². The van der Waals surface area contributed by atoms with Crippen LogP contribution in [0.4, 0.5) is 0 Å². The summed E-state index contributed by atoms with van der Waals surface area (Å²) in [6, 6.07) is 7.30. The Morgan fingerprint density at radius 1 is 1.25 bits per heavy atom. The molecule has 0 aliphatic carbocycles. The lowest BCUT2D eigenvalue weighted by molar-refractivity contribution is -0.142. The van der Waals surface area contributed by atoms with Crippen LogP contribution in [0.1, 0.15) is 38.2 Å². The van der Waals surface area contributed by atoms with Crippen molar-refractivity contribution in [2.45, 2.75) is 45.1 Å². The van der Waals surface area contributed by atoms with Gasteiger partial charge in [-0.05, 0) is 37.0 Å². The summed E-state index contributed by atoms with van der Waals surface area (Å²) in [5, 5.41) is 10.2. The van der Waals surface area contributed by atoms with E-state index in [1.165, 1.54) is 7.11 Å². The van der Waals surface area contributed by atoms with Gasteiger partial charge in [0.1, 0.15) is 0 Å². The summed E-state index contributed by atoms with van der Waals surface area (Å²) in [6.07, 6.45) is 2.64. The fourth-order valence-corrected chi connectivity index (χ4v) is 2.64. The Bertz CT molecular complexity index is 514. The van der Waals surface area contributed by atoms with Gasteiger partial charge in [-0.1, -0.05) is 30.7 Å². The van der Waals surface area contributed by atoms with E-state index in [0.29, 0.717) is 24.3 Å². The van der Waals surface area contributed by atoms with Crippen molar-refractivity contribution in [3.05, 3.63) is 34.9 Å². The van der Waals surface area contributed by atoms with Gasteiger partial charge in [-0.25, -0.2) is 0 Å². The fourth-order valence-electron chi connectivity index (χ4n) is 2.51. The zero-order valence-corrected chi connectivity index (χ0v) is 15.1. The topological polar surface area (TPSA) is 66.8 Å². The number of carbonyl (C=O) groups excluding carboxylic acids is 2. The summed E-state index contributed by atoms with van der Waals surface area (Å²) in [5.41, 5.74) is 1.13. The standard InChI is InChI=1S/C18H26ClNO4/c1-3-16(13-21)20(12-11-18(23)24-2)17(22)6-4-5-14-7-9-15(19)10-8-14/h7-10,16,21H,3-6,11-13H2,1-2H3. The van der Waals surface area contributed by atoms with Crippen LogP contribution in [0.25, 0.3) is 0 Å². The van der Waals surface area contributed by atoms with Crippen molar-refractivity contribution in [1.82, 2.24) is 4.90 Å². The molecule has 1 amide bonds. The molecule has 134 valence electrons. The third-order valence-corrected chi connectivity index (χ3v) is 4.25. The molecular weight excluding hydrogens is 330 g/mol. The molecule has 0 aromatic heterocycles. The third-order valence-electron chi connectivity index (χ3n) is 4.00. The summed E-state index contributed by atoms with van der Waals surface area (Å²) >= 11 is 5.85. The van der Waals surface area contributed by atoms with Crippen LogP contribution in [0.15, 0.2) is 24.3 Å². The highest BCUT2D eigenvalue weighted by atomic mass is 35.5. The van der Waals surface area contributed by atoms with E-state index in [1.807, 2.05) is 31.2 Å². The number of ether oxygens (including phenoxy) is 1. The highest BCUT2D eigenvalue weighted by molar-refractivity contribution is 6.30. The smallest absolute Gasteiger partial charge is 0.307 e. The Morgan fingerprint density at radius 2 is 1.92 bits per heavy atom. The van der Waals surface area contributed by atoms with Gasteiger partial charge in [-0.15, -0.1) is 0 Å². The lowest BCUT2D eigenvalue weighted by Crippen LogP contribution is -2.43. The van der Waals surface area contributed by atoms with E-state index >= 15 is 0 Å². The van der Waals surface area contributed by atoms with E-state index in [4.69, 9.17) is 11.6 Å². The molecule has 0 spiro atoms. The first-order chi connectivity index (χ1) is 11.5. The number of hydrogen-bond donors (Lipinski definition) is 1. The molecule has 5 nitrogen and oxygen atoms in total. The molecule has 6 heteroatoms. The first-order valence-corrected chi connectivity index (χ1v) is 8.61. The Hall–Kier alpha value is -1.59. The molecule has 1 rings (SSSR count). The van der Waals surface area contributed by atoms with Crippen molar-refractivity contribution in [2.75, 3.05) is 20.3 Å². The number of hydrogen-bond acceptors (Lipinski definition) is 4. The van der Waals surface area contributed by atoms with E-state index in [1.54, 1.807) is 4.90 Å². The van der Waals surface area contributed by atoms with E-state index in [2.05, 4.69) is 4.74 Å². The second-order valence-corrected chi connectivity index (χ2v) is 6.07. The average Bonchev–Trinajstić information content (AvgIpc) is 2.59. The Kier molecular flexibility index (Phi) is 9.42. The van der Waals surface area contributed by atoms with Crippen LogP contribution >= 0.6 is 11.6 Å². The Morgan fingerprint density at radius 3 is 2.46 bits per heavy atom. The van der Waals surface area contributed by atoms with Gasteiger partial charge in [0.2, 0.25) is 5.91 Å². The normalized spacial score (nSPS) is 11.8. The molecular formula is C18H26ClNO4. The van der Waals surface area contributed by atoms with E-state index in [9.17, 15) is 14.7 Å². The SMILES string of the molecule is CCC(CO)N(CCC(=O)OC)C(=O)CCCc1ccc(Cl)cc1. The van der Waals surface area contributed by atoms with Crippen molar-refractivity contribution in [3.8, 4) is 0 Å². The zero-order chi connectivity index (χ0) is 17.9. The van der Waals surface area contributed by atoms with Crippen molar-refractivity contribution in [3.63, 3.8) is 0 Å². The average molecular weight is 356 g/mol. The fraction of sp³-hybridized carbons (Fsp3) is 0.556. The van der Waals surface area contributed by atoms with Crippen molar-refractivity contribution in [2.24, 2.45) is 0 Å². The van der Waals surface area contributed by atoms with Gasteiger partial charge in [0, 0.05) is 18.0 Å². The summed E-state index contributed by atoms with van der Waals surface area (Å²) in [7, 11) is 1.32. The lowest BCUT2D eigenvalue weighted by atomic mass is 10.1. The molecule has 1 unspecified atom stereocenters. The van der Waals surface area contributed by atoms with Crippen LogP contribution in [0.3, 0.4) is 0 Å². The first kappa shape index (κ1) is 20.5. The maximum atomic E-state index is 12.5. The minimum absolute atomic E-state index is 0.0474. The van der Waals surface area contributed by atoms with Crippen LogP contribution in [-0.2, 0) is 20.7 Å². The predicted octanol–water partition coefficient (Wildman–Crippen LogP) is 2.83. The van der Waals surface area contributed by atoms with E-state index in [-0.39, 0.29) is 37.5 Å². The maximum Gasteiger partial charge on any atom is 0.307 e. The monoisotopic (exact) mass is 355 g/mol. The number of esters is 1. The second-order valence-electron chi connectivity index (χ2n) is 5.64. The zero-order valence-electron chi connectivity index (χ0n) is 14.3. The first-order valence-electron chi connectivity index (χ1n) is 8.23. The lowest BCUT2D eigenvalue weighted by Gasteiger charge is -2.29. The third kappa shape index (κ3) is 6.89. The molecule has 1 aromatic carbocycles. The van der Waals surface area contributed by atoms with Crippen LogP contribution < -0.4 is 0 Å². The molecule has 1 atom stereocenters. The molecule has 0 saturated heterocycles. The highest BCUT2D eigenvalue weighted by Crippen LogP contribution is 2.14. The molecule has 24 heavy (non-hydrogen) atoms. The predicted molar refractivity (Wildman–Crippen MR) is 93.9 cm³/mol. The molecule has 0 fully saturated rings. The minimum atomic E-state index is -0.359. The summed E-state index contributed by atoms with van der Waals surface area (Å²) in [6.45, 7) is 2.07. The number of aliphatic hydroxyl groups excluding tert-OH is 1. The molecule has 0 bridgehead atoms. The van der Waals surface area contributed by atoms with Crippen LogP contribution in [0.2, 0.25) is 5.02 Å². The van der Waals surface area contributed by atoms with E-state index < -0.39 is 0 Å². The molecule has 1 N–H and O–H groups in total. The van der Waals surface area contributed by atoms with Crippen LogP contribution in [0.5, 0.6) is 0 Å².